The summed E-state index contributed by atoms with van der Waals surface area (Å²) in [5.74, 6) is 0.907. The summed E-state index contributed by atoms with van der Waals surface area (Å²) in [5.41, 5.74) is 1.98. The molecule has 2 aliphatic rings. The van der Waals surface area contributed by atoms with Gasteiger partial charge in [0.05, 0.1) is 11.5 Å². The Morgan fingerprint density at radius 2 is 1.67 bits per heavy atom. The van der Waals surface area contributed by atoms with Crippen molar-refractivity contribution in [3.63, 3.8) is 0 Å². The topological polar surface area (TPSA) is 49.4 Å². The number of anilines is 1. The van der Waals surface area contributed by atoms with Crippen molar-refractivity contribution in [1.29, 1.82) is 0 Å². The van der Waals surface area contributed by atoms with Gasteiger partial charge in [0, 0.05) is 17.8 Å². The van der Waals surface area contributed by atoms with Crippen LogP contribution in [0, 0.1) is 6.92 Å². The van der Waals surface area contributed by atoms with Gasteiger partial charge in [0.25, 0.3) is 0 Å². The number of hydrogen-bond donors (Lipinski definition) is 1. The van der Waals surface area contributed by atoms with E-state index in [1.54, 1.807) is 0 Å². The van der Waals surface area contributed by atoms with Crippen molar-refractivity contribution in [1.82, 2.24) is 4.90 Å². The molecule has 0 spiro atoms. The Balaban J connectivity index is 1.42. The lowest BCUT2D eigenvalue weighted by Crippen LogP contribution is -2.41. The zero-order chi connectivity index (χ0) is 16.9. The van der Waals surface area contributed by atoms with Gasteiger partial charge < -0.3 is 10.2 Å². The molecular weight excluding hydrogens is 320 g/mol. The maximum absolute atomic E-state index is 12.6. The minimum absolute atomic E-state index is 0.0458. The summed E-state index contributed by atoms with van der Waals surface area (Å²) in [6, 6.07) is 8.67. The van der Waals surface area contributed by atoms with Crippen LogP contribution in [-0.4, -0.2) is 40.3 Å². The molecule has 2 fully saturated rings. The van der Waals surface area contributed by atoms with Crippen LogP contribution in [0.25, 0.3) is 0 Å². The maximum atomic E-state index is 12.6. The molecule has 0 unspecified atom stereocenters. The van der Waals surface area contributed by atoms with Crippen LogP contribution in [0.1, 0.15) is 44.1 Å². The molecule has 2 aliphatic carbocycles. The van der Waals surface area contributed by atoms with Gasteiger partial charge in [-0.3, -0.25) is 9.59 Å². The van der Waals surface area contributed by atoms with Gasteiger partial charge in [-0.15, -0.1) is 11.8 Å². The molecule has 3 rings (SSSR count). The first kappa shape index (κ1) is 17.3. The smallest absolute Gasteiger partial charge is 0.234 e. The van der Waals surface area contributed by atoms with Gasteiger partial charge in [0.15, 0.2) is 0 Å². The Kier molecular flexibility index (Phi) is 5.82. The van der Waals surface area contributed by atoms with E-state index in [1.165, 1.54) is 30.2 Å². The van der Waals surface area contributed by atoms with Gasteiger partial charge in [-0.25, -0.2) is 0 Å². The zero-order valence-electron chi connectivity index (χ0n) is 14.3. The molecule has 2 saturated carbocycles. The average Bonchev–Trinajstić information content (AvgIpc) is 3.24. The number of carbonyl (C=O) groups excluding carboxylic acids is 2. The molecule has 0 aliphatic heterocycles. The second kappa shape index (κ2) is 8.06. The number of amides is 2. The summed E-state index contributed by atoms with van der Waals surface area (Å²) >= 11 is 1.42. The van der Waals surface area contributed by atoms with Crippen LogP contribution in [-0.2, 0) is 9.59 Å². The highest BCUT2D eigenvalue weighted by molar-refractivity contribution is 8.00. The molecule has 0 aromatic heterocycles. The third kappa shape index (κ3) is 4.76. The van der Waals surface area contributed by atoms with Crippen LogP contribution in [0.5, 0.6) is 0 Å². The molecule has 0 bridgehead atoms. The lowest BCUT2D eigenvalue weighted by Gasteiger charge is -2.29. The molecule has 130 valence electrons. The maximum Gasteiger partial charge on any atom is 0.234 e. The molecule has 5 heteroatoms. The second-order valence-corrected chi connectivity index (χ2v) is 7.86. The van der Waals surface area contributed by atoms with E-state index in [1.807, 2.05) is 31.2 Å². The highest BCUT2D eigenvalue weighted by Crippen LogP contribution is 2.34. The van der Waals surface area contributed by atoms with Gasteiger partial charge in [0.1, 0.15) is 0 Å². The highest BCUT2D eigenvalue weighted by Gasteiger charge is 2.37. The van der Waals surface area contributed by atoms with Crippen molar-refractivity contribution in [2.45, 2.75) is 57.5 Å². The monoisotopic (exact) mass is 346 g/mol. The van der Waals surface area contributed by atoms with Crippen LogP contribution in [0.15, 0.2) is 24.3 Å². The van der Waals surface area contributed by atoms with Crippen molar-refractivity contribution < 1.29 is 9.59 Å². The lowest BCUT2D eigenvalue weighted by molar-refractivity contribution is -0.131. The summed E-state index contributed by atoms with van der Waals surface area (Å²) in [6.07, 6.45) is 7.10. The first-order valence-electron chi connectivity index (χ1n) is 8.89. The first-order chi connectivity index (χ1) is 11.6. The van der Waals surface area contributed by atoms with Crippen molar-refractivity contribution in [3.8, 4) is 0 Å². The Hall–Kier alpha value is -1.49. The quantitative estimate of drug-likeness (QED) is 0.821. The summed E-state index contributed by atoms with van der Waals surface area (Å²) in [6.45, 7) is 2.02. The standard InChI is InChI=1S/C19H26N2O2S/c1-14-6-8-15(9-7-14)20-18(22)12-24-13-19(23)21(17-10-11-17)16-4-2-3-5-16/h6-9,16-17H,2-5,10-13H2,1H3,(H,20,22). The third-order valence-electron chi connectivity index (χ3n) is 4.74. The summed E-state index contributed by atoms with van der Waals surface area (Å²) < 4.78 is 0. The fourth-order valence-corrected chi connectivity index (χ4v) is 4.06. The Morgan fingerprint density at radius 1 is 1.04 bits per heavy atom. The summed E-state index contributed by atoms with van der Waals surface area (Å²) in [7, 11) is 0. The van der Waals surface area contributed by atoms with Crippen molar-refractivity contribution >= 4 is 29.3 Å². The SMILES string of the molecule is Cc1ccc(NC(=O)CSCC(=O)N(C2CCCC2)C2CC2)cc1. The minimum Gasteiger partial charge on any atom is -0.336 e. The van der Waals surface area contributed by atoms with Gasteiger partial charge >= 0.3 is 0 Å². The Morgan fingerprint density at radius 3 is 2.29 bits per heavy atom. The summed E-state index contributed by atoms with van der Waals surface area (Å²) in [4.78, 5) is 26.7. The van der Waals surface area contributed by atoms with Gasteiger partial charge in [-0.1, -0.05) is 30.5 Å². The molecule has 2 amide bonds. The predicted molar refractivity (Wildman–Crippen MR) is 99.3 cm³/mol. The van der Waals surface area contributed by atoms with E-state index in [0.29, 0.717) is 23.6 Å². The second-order valence-electron chi connectivity index (χ2n) is 6.88. The van der Waals surface area contributed by atoms with Gasteiger partial charge in [0.2, 0.25) is 11.8 Å². The van der Waals surface area contributed by atoms with E-state index < -0.39 is 0 Å². The number of nitrogens with one attached hydrogen (secondary N) is 1. The molecular formula is C19H26N2O2S. The van der Waals surface area contributed by atoms with E-state index in [9.17, 15) is 9.59 Å². The van der Waals surface area contributed by atoms with Gasteiger partial charge in [-0.2, -0.15) is 0 Å². The van der Waals surface area contributed by atoms with Gasteiger partial charge in [-0.05, 0) is 44.7 Å². The molecule has 1 aromatic carbocycles. The molecule has 0 heterocycles. The lowest BCUT2D eigenvalue weighted by atomic mass is 10.2. The van der Waals surface area contributed by atoms with Crippen LogP contribution in [0.3, 0.4) is 0 Å². The number of carbonyl (C=O) groups is 2. The van der Waals surface area contributed by atoms with Crippen molar-refractivity contribution in [3.05, 3.63) is 29.8 Å². The Bertz CT molecular complexity index is 578. The number of nitrogens with zero attached hydrogens (tertiary/aromatic N) is 1. The fraction of sp³-hybridized carbons (Fsp3) is 0.579. The Labute approximate surface area is 148 Å². The number of benzene rings is 1. The molecule has 0 saturated heterocycles. The molecule has 24 heavy (non-hydrogen) atoms. The van der Waals surface area contributed by atoms with Crippen molar-refractivity contribution in [2.24, 2.45) is 0 Å². The number of rotatable bonds is 7. The first-order valence-corrected chi connectivity index (χ1v) is 10.0. The predicted octanol–water partition coefficient (Wildman–Crippen LogP) is 3.60. The largest absolute Gasteiger partial charge is 0.336 e. The fourth-order valence-electron chi connectivity index (χ4n) is 3.38. The average molecular weight is 346 g/mol. The minimum atomic E-state index is -0.0458. The molecule has 0 radical (unpaired) electrons. The van der Waals surface area contributed by atoms with E-state index in [4.69, 9.17) is 0 Å². The van der Waals surface area contributed by atoms with E-state index >= 15 is 0 Å². The molecule has 0 atom stereocenters. The van der Waals surface area contributed by atoms with Crippen LogP contribution >= 0.6 is 11.8 Å². The summed E-state index contributed by atoms with van der Waals surface area (Å²) in [5, 5.41) is 2.88. The zero-order valence-corrected chi connectivity index (χ0v) is 15.1. The molecule has 1 N–H and O–H groups in total. The van der Waals surface area contributed by atoms with E-state index in [0.717, 1.165) is 31.4 Å². The van der Waals surface area contributed by atoms with Crippen LogP contribution < -0.4 is 5.32 Å². The van der Waals surface area contributed by atoms with E-state index in [2.05, 4.69) is 10.2 Å². The molecule has 1 aromatic rings. The number of aryl methyl sites for hydroxylation is 1. The third-order valence-corrected chi connectivity index (χ3v) is 5.66. The van der Waals surface area contributed by atoms with Crippen LogP contribution in [0.4, 0.5) is 5.69 Å². The number of hydrogen-bond acceptors (Lipinski definition) is 3. The normalized spacial score (nSPS) is 17.7. The van der Waals surface area contributed by atoms with Crippen molar-refractivity contribution in [2.75, 3.05) is 16.8 Å². The highest BCUT2D eigenvalue weighted by atomic mass is 32.2. The van der Waals surface area contributed by atoms with Crippen LogP contribution in [0.2, 0.25) is 0 Å². The molecule has 4 nitrogen and oxygen atoms in total. The van der Waals surface area contributed by atoms with E-state index in [-0.39, 0.29) is 11.8 Å². The number of thioether (sulfide) groups is 1.